The van der Waals surface area contributed by atoms with Crippen molar-refractivity contribution in [2.45, 2.75) is 38.1 Å². The normalized spacial score (nSPS) is 16.3. The van der Waals surface area contributed by atoms with Gasteiger partial charge in [0.05, 0.1) is 0 Å². The summed E-state index contributed by atoms with van der Waals surface area (Å²) in [5.74, 6) is -1.18. The Balaban J connectivity index is 1.91. The van der Waals surface area contributed by atoms with Crippen molar-refractivity contribution in [2.75, 3.05) is 12.5 Å². The van der Waals surface area contributed by atoms with Crippen LogP contribution in [0, 0.1) is 0 Å². The van der Waals surface area contributed by atoms with Gasteiger partial charge < -0.3 is 4.90 Å². The summed E-state index contributed by atoms with van der Waals surface area (Å²) in [4.78, 5) is 25.2. The zero-order valence-electron chi connectivity index (χ0n) is 10.4. The van der Waals surface area contributed by atoms with Crippen LogP contribution in [0.5, 0.6) is 0 Å². The molecule has 7 heteroatoms. The number of aromatic nitrogens is 3. The van der Waals surface area contributed by atoms with Crippen molar-refractivity contribution in [3.63, 3.8) is 0 Å². The number of amides is 2. The van der Waals surface area contributed by atoms with Crippen LogP contribution in [0.15, 0.2) is 12.7 Å². The smallest absolute Gasteiger partial charge is 0.328 e. The molecular formula is C11H17N5O2. The summed E-state index contributed by atoms with van der Waals surface area (Å²) in [6.45, 7) is 0. The van der Waals surface area contributed by atoms with Crippen molar-refractivity contribution in [1.29, 1.82) is 0 Å². The molecule has 2 amide bonds. The highest BCUT2D eigenvalue weighted by molar-refractivity contribution is 6.38. The molecule has 0 atom stereocenters. The number of hydrogen-bond donors (Lipinski definition) is 1. The zero-order chi connectivity index (χ0) is 13.0. The summed E-state index contributed by atoms with van der Waals surface area (Å²) in [6.07, 6.45) is 8.05. The number of carbonyl (C=O) groups is 2. The topological polar surface area (TPSA) is 80.1 Å². The molecule has 1 saturated carbocycles. The van der Waals surface area contributed by atoms with Crippen LogP contribution in [0.2, 0.25) is 0 Å². The molecule has 1 fully saturated rings. The summed E-state index contributed by atoms with van der Waals surface area (Å²) in [5, 5.41) is 7.09. The molecule has 0 aliphatic heterocycles. The van der Waals surface area contributed by atoms with Gasteiger partial charge in [0.25, 0.3) is 0 Å². The monoisotopic (exact) mass is 251 g/mol. The van der Waals surface area contributed by atoms with E-state index in [1.54, 1.807) is 11.9 Å². The van der Waals surface area contributed by atoms with Crippen molar-refractivity contribution < 1.29 is 9.59 Å². The Kier molecular flexibility index (Phi) is 3.91. The molecule has 1 aliphatic rings. The largest absolute Gasteiger partial charge is 0.334 e. The van der Waals surface area contributed by atoms with Crippen molar-refractivity contribution in [3.8, 4) is 0 Å². The summed E-state index contributed by atoms with van der Waals surface area (Å²) in [6, 6.07) is 0.179. The number of nitrogens with one attached hydrogen (secondary N) is 1. The number of likely N-dealkylation sites (N-methyl/N-ethyl adjacent to an activating group) is 1. The van der Waals surface area contributed by atoms with Crippen LogP contribution in [0.25, 0.3) is 0 Å². The molecule has 2 rings (SSSR count). The van der Waals surface area contributed by atoms with E-state index in [0.717, 1.165) is 25.7 Å². The van der Waals surface area contributed by atoms with Crippen LogP contribution in [0.3, 0.4) is 0 Å². The lowest BCUT2D eigenvalue weighted by Gasteiger charge is -2.30. The second-order valence-corrected chi connectivity index (χ2v) is 4.52. The van der Waals surface area contributed by atoms with Crippen LogP contribution in [-0.4, -0.2) is 44.7 Å². The maximum atomic E-state index is 11.9. The maximum absolute atomic E-state index is 11.9. The Labute approximate surface area is 105 Å². The average Bonchev–Trinajstić information content (AvgIpc) is 2.91. The molecule has 0 spiro atoms. The predicted molar refractivity (Wildman–Crippen MR) is 64.0 cm³/mol. The Hall–Kier alpha value is -1.92. The SMILES string of the molecule is CN(C(=O)C(=O)Nn1cnnc1)C1CCCCC1. The van der Waals surface area contributed by atoms with Gasteiger partial charge in [-0.1, -0.05) is 19.3 Å². The molecule has 0 bridgehead atoms. The Morgan fingerprint density at radius 2 is 1.83 bits per heavy atom. The second kappa shape index (κ2) is 5.61. The quantitative estimate of drug-likeness (QED) is 0.758. The standard InChI is InChI=1S/C11H17N5O2/c1-15(9-5-3-2-4-6-9)11(18)10(17)14-16-7-12-13-8-16/h7-9H,2-6H2,1H3,(H,14,17). The molecule has 0 radical (unpaired) electrons. The molecule has 7 nitrogen and oxygen atoms in total. The lowest BCUT2D eigenvalue weighted by atomic mass is 9.94. The number of hydrogen-bond acceptors (Lipinski definition) is 4. The summed E-state index contributed by atoms with van der Waals surface area (Å²) in [5.41, 5.74) is 2.40. The summed E-state index contributed by atoms with van der Waals surface area (Å²) >= 11 is 0. The van der Waals surface area contributed by atoms with Gasteiger partial charge in [0.2, 0.25) is 0 Å². The molecule has 0 saturated heterocycles. The first-order valence-corrected chi connectivity index (χ1v) is 6.11. The van der Waals surface area contributed by atoms with E-state index in [2.05, 4.69) is 15.6 Å². The average molecular weight is 251 g/mol. The van der Waals surface area contributed by atoms with E-state index < -0.39 is 11.8 Å². The van der Waals surface area contributed by atoms with E-state index in [0.29, 0.717) is 0 Å². The third-order valence-corrected chi connectivity index (χ3v) is 3.29. The Morgan fingerprint density at radius 1 is 1.22 bits per heavy atom. The van der Waals surface area contributed by atoms with Crippen LogP contribution in [0.4, 0.5) is 0 Å². The van der Waals surface area contributed by atoms with Gasteiger partial charge in [-0.2, -0.15) is 0 Å². The maximum Gasteiger partial charge on any atom is 0.328 e. The van der Waals surface area contributed by atoms with Gasteiger partial charge in [-0.05, 0) is 12.8 Å². The van der Waals surface area contributed by atoms with Crippen molar-refractivity contribution in [2.24, 2.45) is 0 Å². The minimum absolute atomic E-state index is 0.179. The molecule has 0 aromatic carbocycles. The van der Waals surface area contributed by atoms with Crippen molar-refractivity contribution in [3.05, 3.63) is 12.7 Å². The van der Waals surface area contributed by atoms with E-state index in [4.69, 9.17) is 0 Å². The fourth-order valence-electron chi connectivity index (χ4n) is 2.22. The second-order valence-electron chi connectivity index (χ2n) is 4.52. The van der Waals surface area contributed by atoms with E-state index in [9.17, 15) is 9.59 Å². The minimum Gasteiger partial charge on any atom is -0.334 e. The van der Waals surface area contributed by atoms with Gasteiger partial charge in [-0.3, -0.25) is 15.0 Å². The third kappa shape index (κ3) is 2.85. The van der Waals surface area contributed by atoms with E-state index in [1.165, 1.54) is 23.8 Å². The fourth-order valence-corrected chi connectivity index (χ4v) is 2.22. The first-order valence-electron chi connectivity index (χ1n) is 6.11. The van der Waals surface area contributed by atoms with Gasteiger partial charge in [-0.15, -0.1) is 10.2 Å². The molecule has 1 aromatic rings. The van der Waals surface area contributed by atoms with Crippen LogP contribution >= 0.6 is 0 Å². The van der Waals surface area contributed by atoms with Crippen LogP contribution in [-0.2, 0) is 9.59 Å². The predicted octanol–water partition coefficient (Wildman–Crippen LogP) is 0.139. The Morgan fingerprint density at radius 3 is 2.44 bits per heavy atom. The zero-order valence-corrected chi connectivity index (χ0v) is 10.4. The first kappa shape index (κ1) is 12.5. The lowest BCUT2D eigenvalue weighted by Crippen LogP contribution is -2.45. The molecule has 18 heavy (non-hydrogen) atoms. The van der Waals surface area contributed by atoms with Gasteiger partial charge in [0.15, 0.2) is 0 Å². The number of carbonyl (C=O) groups excluding carboxylic acids is 2. The van der Waals surface area contributed by atoms with Gasteiger partial charge >= 0.3 is 11.8 Å². The number of nitrogens with zero attached hydrogens (tertiary/aromatic N) is 4. The summed E-state index contributed by atoms with van der Waals surface area (Å²) in [7, 11) is 1.68. The van der Waals surface area contributed by atoms with Gasteiger partial charge in [0, 0.05) is 13.1 Å². The highest BCUT2D eigenvalue weighted by Gasteiger charge is 2.26. The van der Waals surface area contributed by atoms with E-state index in [-0.39, 0.29) is 6.04 Å². The van der Waals surface area contributed by atoms with Crippen molar-refractivity contribution in [1.82, 2.24) is 19.8 Å². The molecule has 1 N–H and O–H groups in total. The highest BCUT2D eigenvalue weighted by Crippen LogP contribution is 2.21. The summed E-state index contributed by atoms with van der Waals surface area (Å²) < 4.78 is 1.26. The Bertz CT molecular complexity index is 411. The fraction of sp³-hybridized carbons (Fsp3) is 0.636. The molecule has 1 heterocycles. The van der Waals surface area contributed by atoms with Gasteiger partial charge in [0.1, 0.15) is 12.7 Å². The number of rotatable bonds is 2. The van der Waals surface area contributed by atoms with Gasteiger partial charge in [-0.25, -0.2) is 4.68 Å². The van der Waals surface area contributed by atoms with Crippen LogP contribution < -0.4 is 5.43 Å². The highest BCUT2D eigenvalue weighted by atomic mass is 16.2. The van der Waals surface area contributed by atoms with E-state index >= 15 is 0 Å². The first-order chi connectivity index (χ1) is 8.68. The van der Waals surface area contributed by atoms with Crippen LogP contribution in [0.1, 0.15) is 32.1 Å². The van der Waals surface area contributed by atoms with Crippen molar-refractivity contribution >= 4 is 11.8 Å². The molecule has 98 valence electrons. The molecular weight excluding hydrogens is 234 g/mol. The lowest BCUT2D eigenvalue weighted by molar-refractivity contribution is -0.144. The minimum atomic E-state index is -0.664. The molecule has 0 unspecified atom stereocenters. The molecule has 1 aromatic heterocycles. The van der Waals surface area contributed by atoms with E-state index in [1.807, 2.05) is 0 Å². The third-order valence-electron chi connectivity index (χ3n) is 3.29. The molecule has 1 aliphatic carbocycles.